The number of nitrogens with zero attached hydrogens (tertiary/aromatic N) is 1. The van der Waals surface area contributed by atoms with Gasteiger partial charge in [-0.25, -0.2) is 4.79 Å². The number of amides is 1. The van der Waals surface area contributed by atoms with Gasteiger partial charge in [-0.2, -0.15) is 0 Å². The first kappa shape index (κ1) is 19.6. The van der Waals surface area contributed by atoms with E-state index in [9.17, 15) is 4.79 Å². The Hall–Kier alpha value is -1.75. The van der Waals surface area contributed by atoms with Gasteiger partial charge >= 0.3 is 6.09 Å². The SMILES string of the molecule is CCCOc1ccc(NC(=O)O[C@@H]2CCCC[C@H]2N(CC)CC)cc1. The summed E-state index contributed by atoms with van der Waals surface area (Å²) in [5, 5.41) is 2.83. The number of rotatable bonds is 8. The summed E-state index contributed by atoms with van der Waals surface area (Å²) in [4.78, 5) is 14.7. The van der Waals surface area contributed by atoms with Crippen molar-refractivity contribution in [2.24, 2.45) is 0 Å². The third-order valence-corrected chi connectivity index (χ3v) is 4.78. The molecular weight excluding hydrogens is 316 g/mol. The van der Waals surface area contributed by atoms with E-state index >= 15 is 0 Å². The van der Waals surface area contributed by atoms with Gasteiger partial charge < -0.3 is 9.47 Å². The summed E-state index contributed by atoms with van der Waals surface area (Å²) < 4.78 is 11.3. The van der Waals surface area contributed by atoms with Gasteiger partial charge in [0.25, 0.3) is 0 Å². The standard InChI is InChI=1S/C20H32N2O3/c1-4-15-24-17-13-11-16(12-14-17)21-20(23)25-19-10-8-7-9-18(19)22(5-2)6-3/h11-14,18-19H,4-10,15H2,1-3H3,(H,21,23)/t18-,19-/m1/s1. The lowest BCUT2D eigenvalue weighted by molar-refractivity contribution is 0.0125. The molecule has 0 bridgehead atoms. The van der Waals surface area contributed by atoms with E-state index in [0.29, 0.717) is 12.6 Å². The Balaban J connectivity index is 1.89. The first-order valence-electron chi connectivity index (χ1n) is 9.62. The largest absolute Gasteiger partial charge is 0.494 e. The van der Waals surface area contributed by atoms with Gasteiger partial charge in [0.2, 0.25) is 0 Å². The summed E-state index contributed by atoms with van der Waals surface area (Å²) in [6.07, 6.45) is 4.95. The second kappa shape index (κ2) is 10.3. The lowest BCUT2D eigenvalue weighted by Crippen LogP contribution is -2.47. The Kier molecular flexibility index (Phi) is 8.06. The number of ether oxygens (including phenoxy) is 2. The molecule has 2 rings (SSSR count). The fourth-order valence-electron chi connectivity index (χ4n) is 3.46. The zero-order valence-electron chi connectivity index (χ0n) is 15.8. The van der Waals surface area contributed by atoms with Crippen molar-refractivity contribution in [3.63, 3.8) is 0 Å². The Morgan fingerprint density at radius 3 is 2.44 bits per heavy atom. The van der Waals surface area contributed by atoms with E-state index in [0.717, 1.165) is 50.2 Å². The van der Waals surface area contributed by atoms with Gasteiger partial charge in [-0.05, 0) is 63.0 Å². The number of likely N-dealkylation sites (N-methyl/N-ethyl adjacent to an activating group) is 1. The molecule has 1 aliphatic carbocycles. The maximum Gasteiger partial charge on any atom is 0.411 e. The van der Waals surface area contributed by atoms with Crippen LogP contribution in [0.2, 0.25) is 0 Å². The van der Waals surface area contributed by atoms with Crippen LogP contribution < -0.4 is 10.1 Å². The van der Waals surface area contributed by atoms with Gasteiger partial charge in [0.1, 0.15) is 11.9 Å². The van der Waals surface area contributed by atoms with Crippen LogP contribution in [0.25, 0.3) is 0 Å². The number of benzene rings is 1. The van der Waals surface area contributed by atoms with Gasteiger partial charge in [-0.1, -0.05) is 27.2 Å². The highest BCUT2D eigenvalue weighted by atomic mass is 16.6. The van der Waals surface area contributed by atoms with Gasteiger partial charge in [-0.15, -0.1) is 0 Å². The lowest BCUT2D eigenvalue weighted by atomic mass is 9.91. The molecule has 1 saturated carbocycles. The molecule has 0 aliphatic heterocycles. The maximum atomic E-state index is 12.3. The molecule has 1 amide bonds. The molecule has 1 aromatic rings. The highest BCUT2D eigenvalue weighted by Crippen LogP contribution is 2.26. The zero-order chi connectivity index (χ0) is 18.1. The topological polar surface area (TPSA) is 50.8 Å². The summed E-state index contributed by atoms with van der Waals surface area (Å²) in [5.74, 6) is 0.814. The zero-order valence-corrected chi connectivity index (χ0v) is 15.8. The summed E-state index contributed by atoms with van der Waals surface area (Å²) >= 11 is 0. The monoisotopic (exact) mass is 348 g/mol. The third-order valence-electron chi connectivity index (χ3n) is 4.78. The minimum Gasteiger partial charge on any atom is -0.494 e. The van der Waals surface area contributed by atoms with Gasteiger partial charge in [-0.3, -0.25) is 10.2 Å². The van der Waals surface area contributed by atoms with Crippen molar-refractivity contribution in [3.05, 3.63) is 24.3 Å². The first-order valence-corrected chi connectivity index (χ1v) is 9.62. The Morgan fingerprint density at radius 1 is 1.12 bits per heavy atom. The molecule has 25 heavy (non-hydrogen) atoms. The van der Waals surface area contributed by atoms with Crippen molar-refractivity contribution < 1.29 is 14.3 Å². The van der Waals surface area contributed by atoms with Crippen LogP contribution in [0.3, 0.4) is 0 Å². The first-order chi connectivity index (χ1) is 12.2. The fraction of sp³-hybridized carbons (Fsp3) is 0.650. The Labute approximate surface area is 151 Å². The normalized spacial score (nSPS) is 20.3. The van der Waals surface area contributed by atoms with Crippen LogP contribution in [0.5, 0.6) is 5.75 Å². The van der Waals surface area contributed by atoms with Crippen LogP contribution >= 0.6 is 0 Å². The van der Waals surface area contributed by atoms with Crippen molar-refractivity contribution in [2.75, 3.05) is 25.0 Å². The van der Waals surface area contributed by atoms with Gasteiger partial charge in [0.15, 0.2) is 0 Å². The minimum absolute atomic E-state index is 0.0270. The maximum absolute atomic E-state index is 12.3. The second-order valence-corrected chi connectivity index (χ2v) is 6.51. The van der Waals surface area contributed by atoms with Crippen molar-refractivity contribution in [2.45, 2.75) is 65.0 Å². The van der Waals surface area contributed by atoms with E-state index in [2.05, 4.69) is 31.0 Å². The van der Waals surface area contributed by atoms with E-state index in [4.69, 9.17) is 9.47 Å². The van der Waals surface area contributed by atoms with E-state index in [1.165, 1.54) is 6.42 Å². The number of carbonyl (C=O) groups excluding carboxylic acids is 1. The molecule has 1 fully saturated rings. The fourth-order valence-corrected chi connectivity index (χ4v) is 3.46. The van der Waals surface area contributed by atoms with Crippen molar-refractivity contribution in [3.8, 4) is 5.75 Å². The Bertz CT molecular complexity index is 514. The van der Waals surface area contributed by atoms with Crippen molar-refractivity contribution in [1.29, 1.82) is 0 Å². The molecule has 0 heterocycles. The molecular formula is C20H32N2O3. The van der Waals surface area contributed by atoms with Gasteiger partial charge in [0.05, 0.1) is 6.61 Å². The molecule has 0 saturated heterocycles. The van der Waals surface area contributed by atoms with Crippen LogP contribution in [-0.4, -0.2) is 42.8 Å². The molecule has 0 aromatic heterocycles. The summed E-state index contributed by atoms with van der Waals surface area (Å²) in [6, 6.07) is 7.75. The summed E-state index contributed by atoms with van der Waals surface area (Å²) in [5.41, 5.74) is 0.726. The van der Waals surface area contributed by atoms with E-state index in [1.54, 1.807) is 0 Å². The quantitative estimate of drug-likeness (QED) is 0.741. The van der Waals surface area contributed by atoms with Crippen LogP contribution in [0.4, 0.5) is 10.5 Å². The van der Waals surface area contributed by atoms with Crippen LogP contribution in [0.1, 0.15) is 52.9 Å². The molecule has 0 spiro atoms. The number of anilines is 1. The molecule has 1 N–H and O–H groups in total. The highest BCUT2D eigenvalue weighted by Gasteiger charge is 2.31. The third kappa shape index (κ3) is 5.92. The molecule has 0 radical (unpaired) electrons. The predicted octanol–water partition coefficient (Wildman–Crippen LogP) is 4.68. The van der Waals surface area contributed by atoms with E-state index < -0.39 is 0 Å². The average molecular weight is 348 g/mol. The molecule has 1 aromatic carbocycles. The summed E-state index contributed by atoms with van der Waals surface area (Å²) in [7, 11) is 0. The predicted molar refractivity (Wildman–Crippen MR) is 101 cm³/mol. The van der Waals surface area contributed by atoms with E-state index in [-0.39, 0.29) is 12.2 Å². The Morgan fingerprint density at radius 2 is 1.80 bits per heavy atom. The van der Waals surface area contributed by atoms with Crippen LogP contribution in [-0.2, 0) is 4.74 Å². The molecule has 2 atom stereocenters. The van der Waals surface area contributed by atoms with Gasteiger partial charge in [0, 0.05) is 11.7 Å². The summed E-state index contributed by atoms with van der Waals surface area (Å²) in [6.45, 7) is 9.07. The number of carbonyl (C=O) groups is 1. The number of hydrogen-bond donors (Lipinski definition) is 1. The second-order valence-electron chi connectivity index (χ2n) is 6.51. The average Bonchev–Trinajstić information content (AvgIpc) is 2.63. The number of nitrogens with one attached hydrogen (secondary N) is 1. The molecule has 5 heteroatoms. The van der Waals surface area contributed by atoms with Crippen molar-refractivity contribution in [1.82, 2.24) is 4.90 Å². The molecule has 5 nitrogen and oxygen atoms in total. The van der Waals surface area contributed by atoms with Crippen LogP contribution in [0.15, 0.2) is 24.3 Å². The van der Waals surface area contributed by atoms with Crippen molar-refractivity contribution >= 4 is 11.8 Å². The lowest BCUT2D eigenvalue weighted by Gasteiger charge is -2.38. The molecule has 140 valence electrons. The van der Waals surface area contributed by atoms with E-state index in [1.807, 2.05) is 24.3 Å². The molecule has 1 aliphatic rings. The van der Waals surface area contributed by atoms with Crippen LogP contribution in [0, 0.1) is 0 Å². The highest BCUT2D eigenvalue weighted by molar-refractivity contribution is 5.84. The smallest absolute Gasteiger partial charge is 0.411 e. The molecule has 0 unspecified atom stereocenters. The minimum atomic E-state index is -0.369. The number of hydrogen-bond acceptors (Lipinski definition) is 4.